The van der Waals surface area contributed by atoms with Crippen LogP contribution < -0.4 is 5.32 Å². The van der Waals surface area contributed by atoms with Gasteiger partial charge in [0.1, 0.15) is 6.54 Å². The largest absolute Gasteiger partial charge is 0.480 e. The molecule has 2 rings (SSSR count). The van der Waals surface area contributed by atoms with Crippen LogP contribution in [0.25, 0.3) is 10.9 Å². The zero-order valence-electron chi connectivity index (χ0n) is 7.97. The van der Waals surface area contributed by atoms with Gasteiger partial charge in [-0.2, -0.15) is 0 Å². The van der Waals surface area contributed by atoms with Crippen molar-refractivity contribution in [3.8, 4) is 0 Å². The van der Waals surface area contributed by atoms with E-state index in [1.807, 2.05) is 30.3 Å². The SMILES string of the molecule is O=C(O)CNc1cccc2cccnc12. The summed E-state index contributed by atoms with van der Waals surface area (Å²) in [7, 11) is 0. The summed E-state index contributed by atoms with van der Waals surface area (Å²) in [5, 5.41) is 12.4. The monoisotopic (exact) mass is 202 g/mol. The Hall–Kier alpha value is -2.10. The summed E-state index contributed by atoms with van der Waals surface area (Å²) in [6.07, 6.45) is 1.69. The van der Waals surface area contributed by atoms with E-state index < -0.39 is 5.97 Å². The number of nitrogens with one attached hydrogen (secondary N) is 1. The molecule has 1 heterocycles. The number of rotatable bonds is 3. The molecule has 15 heavy (non-hydrogen) atoms. The molecule has 0 radical (unpaired) electrons. The van der Waals surface area contributed by atoms with E-state index >= 15 is 0 Å². The lowest BCUT2D eigenvalue weighted by molar-refractivity contribution is -0.134. The fraction of sp³-hybridized carbons (Fsp3) is 0.0909. The molecule has 0 amide bonds. The maximum Gasteiger partial charge on any atom is 0.322 e. The van der Waals surface area contributed by atoms with Gasteiger partial charge in [0.15, 0.2) is 0 Å². The molecule has 76 valence electrons. The first-order chi connectivity index (χ1) is 7.27. The number of para-hydroxylation sites is 1. The van der Waals surface area contributed by atoms with Gasteiger partial charge in [-0.25, -0.2) is 0 Å². The van der Waals surface area contributed by atoms with Crippen LogP contribution in [-0.4, -0.2) is 22.6 Å². The van der Waals surface area contributed by atoms with Crippen LogP contribution in [0, 0.1) is 0 Å². The summed E-state index contributed by atoms with van der Waals surface area (Å²) in [4.78, 5) is 14.6. The van der Waals surface area contributed by atoms with Crippen molar-refractivity contribution in [1.82, 2.24) is 4.98 Å². The number of carboxylic acid groups (broad SMARTS) is 1. The molecule has 0 aliphatic rings. The number of anilines is 1. The van der Waals surface area contributed by atoms with Gasteiger partial charge in [-0.3, -0.25) is 9.78 Å². The number of fused-ring (bicyclic) bond motifs is 1. The number of pyridine rings is 1. The van der Waals surface area contributed by atoms with Crippen molar-refractivity contribution >= 4 is 22.6 Å². The van der Waals surface area contributed by atoms with Crippen molar-refractivity contribution in [2.24, 2.45) is 0 Å². The summed E-state index contributed by atoms with van der Waals surface area (Å²) in [6, 6.07) is 9.42. The maximum absolute atomic E-state index is 10.4. The minimum Gasteiger partial charge on any atom is -0.480 e. The highest BCUT2D eigenvalue weighted by molar-refractivity contribution is 5.91. The average molecular weight is 202 g/mol. The molecule has 4 nitrogen and oxygen atoms in total. The number of benzene rings is 1. The minimum atomic E-state index is -0.886. The first-order valence-electron chi connectivity index (χ1n) is 4.57. The Morgan fingerprint density at radius 2 is 2.13 bits per heavy atom. The Labute approximate surface area is 86.6 Å². The Balaban J connectivity index is 2.38. The highest BCUT2D eigenvalue weighted by Gasteiger charge is 2.02. The van der Waals surface area contributed by atoms with Crippen LogP contribution in [0.5, 0.6) is 0 Å². The third-order valence-corrected chi connectivity index (χ3v) is 2.06. The lowest BCUT2D eigenvalue weighted by Gasteiger charge is -2.06. The molecule has 0 spiro atoms. The molecule has 0 bridgehead atoms. The Morgan fingerprint density at radius 1 is 1.33 bits per heavy atom. The predicted octanol–water partition coefficient (Wildman–Crippen LogP) is 1.73. The zero-order chi connectivity index (χ0) is 10.7. The van der Waals surface area contributed by atoms with E-state index in [0.29, 0.717) is 0 Å². The number of carbonyl (C=O) groups is 1. The van der Waals surface area contributed by atoms with E-state index in [0.717, 1.165) is 16.6 Å². The number of aromatic nitrogens is 1. The van der Waals surface area contributed by atoms with Crippen LogP contribution in [0.2, 0.25) is 0 Å². The summed E-state index contributed by atoms with van der Waals surface area (Å²) in [5.41, 5.74) is 1.54. The third kappa shape index (κ3) is 2.04. The molecule has 0 fully saturated rings. The van der Waals surface area contributed by atoms with Crippen LogP contribution in [0.1, 0.15) is 0 Å². The van der Waals surface area contributed by atoms with E-state index in [9.17, 15) is 4.79 Å². The molecule has 0 saturated carbocycles. The topological polar surface area (TPSA) is 62.2 Å². The number of carboxylic acids is 1. The van der Waals surface area contributed by atoms with Gasteiger partial charge in [0.25, 0.3) is 0 Å². The fourth-order valence-corrected chi connectivity index (χ4v) is 1.42. The summed E-state index contributed by atoms with van der Waals surface area (Å²) >= 11 is 0. The number of nitrogens with zero attached hydrogens (tertiary/aromatic N) is 1. The second kappa shape index (κ2) is 3.96. The van der Waals surface area contributed by atoms with E-state index in [2.05, 4.69) is 10.3 Å². The van der Waals surface area contributed by atoms with E-state index in [1.54, 1.807) is 6.20 Å². The Bertz CT molecular complexity index is 491. The minimum absolute atomic E-state index is 0.102. The lowest BCUT2D eigenvalue weighted by atomic mass is 10.2. The fourth-order valence-electron chi connectivity index (χ4n) is 1.42. The molecule has 1 aromatic heterocycles. The molecule has 1 aromatic carbocycles. The van der Waals surface area contributed by atoms with Crippen molar-refractivity contribution in [2.45, 2.75) is 0 Å². The second-order valence-electron chi connectivity index (χ2n) is 3.13. The quantitative estimate of drug-likeness (QED) is 0.795. The number of aliphatic carboxylic acids is 1. The molecular formula is C11H10N2O2. The molecule has 0 unspecified atom stereocenters. The first-order valence-corrected chi connectivity index (χ1v) is 4.57. The van der Waals surface area contributed by atoms with Gasteiger partial charge >= 0.3 is 5.97 Å². The molecule has 0 aliphatic heterocycles. The van der Waals surface area contributed by atoms with E-state index in [-0.39, 0.29) is 6.54 Å². The second-order valence-corrected chi connectivity index (χ2v) is 3.13. The summed E-state index contributed by atoms with van der Waals surface area (Å²) in [5.74, 6) is -0.886. The van der Waals surface area contributed by atoms with Gasteiger partial charge in [0, 0.05) is 11.6 Å². The van der Waals surface area contributed by atoms with Crippen molar-refractivity contribution in [2.75, 3.05) is 11.9 Å². The average Bonchev–Trinajstić information content (AvgIpc) is 2.26. The standard InChI is InChI=1S/C11H10N2O2/c14-10(15)7-13-9-5-1-3-8-4-2-6-12-11(8)9/h1-6,13H,7H2,(H,14,15). The van der Waals surface area contributed by atoms with Crippen molar-refractivity contribution in [3.05, 3.63) is 36.5 Å². The van der Waals surface area contributed by atoms with Gasteiger partial charge in [0.05, 0.1) is 11.2 Å². The molecular weight excluding hydrogens is 192 g/mol. The number of hydrogen-bond donors (Lipinski definition) is 2. The molecule has 0 aliphatic carbocycles. The molecule has 0 saturated heterocycles. The highest BCUT2D eigenvalue weighted by atomic mass is 16.4. The Kier molecular flexibility index (Phi) is 2.49. The zero-order valence-corrected chi connectivity index (χ0v) is 7.97. The first kappa shape index (κ1) is 9.45. The molecule has 0 atom stereocenters. The van der Waals surface area contributed by atoms with Crippen molar-refractivity contribution < 1.29 is 9.90 Å². The lowest BCUT2D eigenvalue weighted by Crippen LogP contribution is -2.12. The van der Waals surface area contributed by atoms with Crippen molar-refractivity contribution in [1.29, 1.82) is 0 Å². The smallest absolute Gasteiger partial charge is 0.322 e. The van der Waals surface area contributed by atoms with Gasteiger partial charge in [-0.15, -0.1) is 0 Å². The van der Waals surface area contributed by atoms with E-state index in [1.165, 1.54) is 0 Å². The molecule has 2 aromatic rings. The van der Waals surface area contributed by atoms with Crippen LogP contribution in [0.15, 0.2) is 36.5 Å². The Morgan fingerprint density at radius 3 is 2.93 bits per heavy atom. The maximum atomic E-state index is 10.4. The van der Waals surface area contributed by atoms with Gasteiger partial charge in [0.2, 0.25) is 0 Å². The van der Waals surface area contributed by atoms with Crippen molar-refractivity contribution in [3.63, 3.8) is 0 Å². The summed E-state index contributed by atoms with van der Waals surface area (Å²) < 4.78 is 0. The van der Waals surface area contributed by atoms with Crippen LogP contribution in [-0.2, 0) is 4.79 Å². The predicted molar refractivity (Wildman–Crippen MR) is 57.9 cm³/mol. The van der Waals surface area contributed by atoms with Gasteiger partial charge in [-0.1, -0.05) is 18.2 Å². The highest BCUT2D eigenvalue weighted by Crippen LogP contribution is 2.19. The van der Waals surface area contributed by atoms with Gasteiger partial charge < -0.3 is 10.4 Å². The normalized spacial score (nSPS) is 10.1. The van der Waals surface area contributed by atoms with E-state index in [4.69, 9.17) is 5.11 Å². The molecule has 4 heteroatoms. The van der Waals surface area contributed by atoms with Crippen LogP contribution in [0.4, 0.5) is 5.69 Å². The van der Waals surface area contributed by atoms with Crippen LogP contribution in [0.3, 0.4) is 0 Å². The van der Waals surface area contributed by atoms with Crippen LogP contribution >= 0.6 is 0 Å². The molecule has 2 N–H and O–H groups in total. The van der Waals surface area contributed by atoms with Gasteiger partial charge in [-0.05, 0) is 12.1 Å². The third-order valence-electron chi connectivity index (χ3n) is 2.06. The summed E-state index contributed by atoms with van der Waals surface area (Å²) in [6.45, 7) is -0.102. The number of hydrogen-bond acceptors (Lipinski definition) is 3.